The van der Waals surface area contributed by atoms with Gasteiger partial charge in [0.25, 0.3) is 0 Å². The molecule has 0 spiro atoms. The summed E-state index contributed by atoms with van der Waals surface area (Å²) in [6.07, 6.45) is -3.12. The van der Waals surface area contributed by atoms with Crippen molar-refractivity contribution in [3.63, 3.8) is 0 Å². The third-order valence-electron chi connectivity index (χ3n) is 5.85. The van der Waals surface area contributed by atoms with Gasteiger partial charge in [0.2, 0.25) is 0 Å². The van der Waals surface area contributed by atoms with Crippen molar-refractivity contribution in [3.05, 3.63) is 23.8 Å². The summed E-state index contributed by atoms with van der Waals surface area (Å²) < 4.78 is 36.4. The number of hydrogen-bond donors (Lipinski definition) is 1. The molecule has 0 fully saturated rings. The Labute approximate surface area is 254 Å². The van der Waals surface area contributed by atoms with Gasteiger partial charge in [-0.15, -0.1) is 0 Å². The Morgan fingerprint density at radius 2 is 1.23 bits per heavy atom. The van der Waals surface area contributed by atoms with Crippen molar-refractivity contribution in [2.75, 3.05) is 19.8 Å². The van der Waals surface area contributed by atoms with Crippen LogP contribution in [0.4, 0.5) is 14.4 Å². The van der Waals surface area contributed by atoms with E-state index in [1.165, 1.54) is 12.1 Å². The highest BCUT2D eigenvalue weighted by atomic mass is 16.7. The minimum Gasteiger partial charge on any atom is -0.458 e. The maximum Gasteiger partial charge on any atom is 0.513 e. The predicted molar refractivity (Wildman–Crippen MR) is 158 cm³/mol. The third kappa shape index (κ3) is 16.6. The number of carbonyl (C=O) groups excluding carboxylic acids is 4. The zero-order valence-corrected chi connectivity index (χ0v) is 26.9. The Kier molecular flexibility index (Phi) is 15.9. The van der Waals surface area contributed by atoms with Gasteiger partial charge in [0.1, 0.15) is 18.2 Å². The van der Waals surface area contributed by atoms with E-state index in [1.54, 1.807) is 19.9 Å². The molecule has 244 valence electrons. The highest BCUT2D eigenvalue weighted by Crippen LogP contribution is 2.30. The van der Waals surface area contributed by atoms with Crippen molar-refractivity contribution in [1.82, 2.24) is 0 Å². The van der Waals surface area contributed by atoms with Crippen LogP contribution in [0.15, 0.2) is 18.2 Å². The molecule has 1 aromatic rings. The highest BCUT2D eigenvalue weighted by molar-refractivity contribution is 5.76. The SMILES string of the molecule is CC(C)CCOC(=O)Oc1ccc(C[C@H](N)C(=O)O[C@@H](C)C(C)OC(=O)OCC(C)(C)C)cc1OC(=O)OCCC(C)C. The summed E-state index contributed by atoms with van der Waals surface area (Å²) in [5.74, 6) is -0.283. The summed E-state index contributed by atoms with van der Waals surface area (Å²) in [5.41, 5.74) is 6.35. The van der Waals surface area contributed by atoms with Crippen LogP contribution in [0, 0.1) is 17.3 Å². The maximum absolute atomic E-state index is 12.7. The van der Waals surface area contributed by atoms with Gasteiger partial charge in [0.05, 0.1) is 19.8 Å². The Morgan fingerprint density at radius 3 is 1.74 bits per heavy atom. The molecule has 0 heterocycles. The zero-order chi connectivity index (χ0) is 32.7. The lowest BCUT2D eigenvalue weighted by atomic mass is 9.99. The van der Waals surface area contributed by atoms with Crippen LogP contribution in [0.5, 0.6) is 11.5 Å². The minimum atomic E-state index is -1.11. The molecule has 1 rings (SSSR count). The summed E-state index contributed by atoms with van der Waals surface area (Å²) in [6, 6.07) is 3.26. The molecule has 0 aliphatic rings. The maximum atomic E-state index is 12.7. The van der Waals surface area contributed by atoms with E-state index in [0.717, 1.165) is 0 Å². The number of ether oxygens (including phenoxy) is 7. The largest absolute Gasteiger partial charge is 0.513 e. The first kappa shape index (κ1) is 37.5. The quantitative estimate of drug-likeness (QED) is 0.136. The monoisotopic (exact) mass is 611 g/mol. The topological polar surface area (TPSA) is 159 Å². The lowest BCUT2D eigenvalue weighted by Gasteiger charge is -2.23. The van der Waals surface area contributed by atoms with Crippen molar-refractivity contribution < 1.29 is 52.3 Å². The lowest BCUT2D eigenvalue weighted by molar-refractivity contribution is -0.155. The first-order chi connectivity index (χ1) is 20.0. The van der Waals surface area contributed by atoms with E-state index in [1.807, 2.05) is 48.5 Å². The van der Waals surface area contributed by atoms with Crippen LogP contribution < -0.4 is 15.2 Å². The average molecular weight is 612 g/mol. The fourth-order valence-corrected chi connectivity index (χ4v) is 3.10. The van der Waals surface area contributed by atoms with E-state index in [2.05, 4.69) is 0 Å². The summed E-state index contributed by atoms with van der Waals surface area (Å²) in [5, 5.41) is 0. The number of rotatable bonds is 15. The molecule has 0 amide bonds. The minimum absolute atomic E-state index is 0.00765. The van der Waals surface area contributed by atoms with Crippen LogP contribution in [0.1, 0.15) is 80.7 Å². The molecular formula is C31H49NO11. The first-order valence-corrected chi connectivity index (χ1v) is 14.6. The number of benzene rings is 1. The molecule has 43 heavy (non-hydrogen) atoms. The Morgan fingerprint density at radius 1 is 0.721 bits per heavy atom. The van der Waals surface area contributed by atoms with Crippen molar-refractivity contribution in [3.8, 4) is 11.5 Å². The second-order valence-electron chi connectivity index (χ2n) is 12.4. The van der Waals surface area contributed by atoms with Gasteiger partial charge in [-0.3, -0.25) is 4.79 Å². The van der Waals surface area contributed by atoms with E-state index < -0.39 is 42.7 Å². The average Bonchev–Trinajstić information content (AvgIpc) is 2.88. The summed E-state index contributed by atoms with van der Waals surface area (Å²) in [4.78, 5) is 49.1. The standard InChI is InChI=1S/C31H49NO11/c1-19(2)12-14-37-28(34)42-25-11-10-23(17-26(25)43-29(35)38-15-13-20(3)4)16-24(32)27(33)40-21(5)22(6)41-30(36)39-18-31(7,8)9/h10-11,17,19-22,24H,12-16,18,32H2,1-9H3/t21-,22?,24-/m0/s1. The number of carbonyl (C=O) groups is 4. The first-order valence-electron chi connectivity index (χ1n) is 14.6. The third-order valence-corrected chi connectivity index (χ3v) is 5.85. The summed E-state index contributed by atoms with van der Waals surface area (Å²) >= 11 is 0. The molecule has 12 heteroatoms. The van der Waals surface area contributed by atoms with Crippen molar-refractivity contribution in [2.45, 2.75) is 99.8 Å². The van der Waals surface area contributed by atoms with Crippen LogP contribution in [0.2, 0.25) is 0 Å². The van der Waals surface area contributed by atoms with E-state index in [4.69, 9.17) is 38.9 Å². The van der Waals surface area contributed by atoms with Crippen molar-refractivity contribution >= 4 is 24.4 Å². The van der Waals surface area contributed by atoms with Crippen LogP contribution in [-0.4, -0.2) is 62.5 Å². The molecular weight excluding hydrogens is 562 g/mol. The lowest BCUT2D eigenvalue weighted by Crippen LogP contribution is -2.39. The van der Waals surface area contributed by atoms with Gasteiger partial charge in [-0.25, -0.2) is 14.4 Å². The van der Waals surface area contributed by atoms with Crippen LogP contribution in [0.25, 0.3) is 0 Å². The van der Waals surface area contributed by atoms with E-state index in [9.17, 15) is 19.2 Å². The molecule has 1 unspecified atom stereocenters. The van der Waals surface area contributed by atoms with E-state index >= 15 is 0 Å². The van der Waals surface area contributed by atoms with Gasteiger partial charge < -0.3 is 38.9 Å². The molecule has 0 saturated carbocycles. The molecule has 0 aliphatic heterocycles. The van der Waals surface area contributed by atoms with Gasteiger partial charge in [0, 0.05) is 0 Å². The molecule has 3 atom stereocenters. The predicted octanol–water partition coefficient (Wildman–Crippen LogP) is 6.20. The van der Waals surface area contributed by atoms with Crippen LogP contribution >= 0.6 is 0 Å². The molecule has 2 N–H and O–H groups in total. The Bertz CT molecular complexity index is 1050. The Balaban J connectivity index is 2.88. The van der Waals surface area contributed by atoms with Crippen LogP contribution in [0.3, 0.4) is 0 Å². The number of esters is 1. The Hall–Kier alpha value is -3.54. The van der Waals surface area contributed by atoms with Crippen molar-refractivity contribution in [2.24, 2.45) is 23.0 Å². The van der Waals surface area contributed by atoms with Gasteiger partial charge >= 0.3 is 24.4 Å². The smallest absolute Gasteiger partial charge is 0.458 e. The molecule has 12 nitrogen and oxygen atoms in total. The molecule has 1 aromatic carbocycles. The molecule has 0 aliphatic carbocycles. The van der Waals surface area contributed by atoms with Gasteiger partial charge in [-0.2, -0.15) is 0 Å². The van der Waals surface area contributed by atoms with Crippen LogP contribution in [-0.2, 0) is 34.9 Å². The van der Waals surface area contributed by atoms with Gasteiger partial charge in [-0.05, 0) is 68.1 Å². The molecule has 0 saturated heterocycles. The summed E-state index contributed by atoms with van der Waals surface area (Å²) in [7, 11) is 0. The second-order valence-corrected chi connectivity index (χ2v) is 12.4. The fourth-order valence-electron chi connectivity index (χ4n) is 3.10. The number of nitrogens with two attached hydrogens (primary N) is 1. The number of hydrogen-bond acceptors (Lipinski definition) is 12. The van der Waals surface area contributed by atoms with E-state index in [-0.39, 0.29) is 43.2 Å². The highest BCUT2D eigenvalue weighted by Gasteiger charge is 2.26. The van der Waals surface area contributed by atoms with Gasteiger partial charge in [0.15, 0.2) is 11.5 Å². The zero-order valence-electron chi connectivity index (χ0n) is 26.9. The normalized spacial score (nSPS) is 13.5. The van der Waals surface area contributed by atoms with E-state index in [0.29, 0.717) is 30.2 Å². The molecule has 0 bridgehead atoms. The molecule has 0 radical (unpaired) electrons. The van der Waals surface area contributed by atoms with Gasteiger partial charge in [-0.1, -0.05) is 54.5 Å². The molecule has 0 aromatic heterocycles. The summed E-state index contributed by atoms with van der Waals surface area (Å²) in [6.45, 7) is 17.3. The van der Waals surface area contributed by atoms with Crippen molar-refractivity contribution in [1.29, 1.82) is 0 Å². The second kappa shape index (κ2) is 18.2. The fraction of sp³-hybridized carbons (Fsp3) is 0.677.